The molecule has 5 aliphatic heterocycles. The van der Waals surface area contributed by atoms with Crippen molar-refractivity contribution in [3.05, 3.63) is 52.2 Å². The van der Waals surface area contributed by atoms with Crippen molar-refractivity contribution >= 4 is 27.5 Å². The van der Waals surface area contributed by atoms with Crippen LogP contribution in [0.2, 0.25) is 0 Å². The summed E-state index contributed by atoms with van der Waals surface area (Å²) in [6, 6.07) is 6.01. The smallest absolute Gasteiger partial charge is 0.319 e. The van der Waals surface area contributed by atoms with Crippen LogP contribution < -0.4 is 20.5 Å². The minimum Gasteiger partial charge on any atom is -0.508 e. The average Bonchev–Trinajstić information content (AvgIpc) is 3.56. The van der Waals surface area contributed by atoms with E-state index in [2.05, 4.69) is 31.1 Å². The summed E-state index contributed by atoms with van der Waals surface area (Å²) in [6.07, 6.45) is 10.5. The molecule has 226 valence electrons. The zero-order chi connectivity index (χ0) is 30.2. The molecule has 2 aromatic carbocycles. The normalized spacial score (nSPS) is 26.4. The van der Waals surface area contributed by atoms with Gasteiger partial charge in [-0.15, -0.1) is 6.42 Å². The summed E-state index contributed by atoms with van der Waals surface area (Å²) < 4.78 is 36.6. The second kappa shape index (κ2) is 10.1. The largest absolute Gasteiger partial charge is 0.508 e. The Balaban J connectivity index is 1.29. The van der Waals surface area contributed by atoms with E-state index < -0.39 is 23.1 Å². The van der Waals surface area contributed by atoms with E-state index >= 15 is 0 Å². The molecular weight excluding hydrogens is 568 g/mol. The molecule has 5 saturated heterocycles. The van der Waals surface area contributed by atoms with Crippen molar-refractivity contribution in [3.8, 4) is 29.8 Å². The van der Waals surface area contributed by atoms with Gasteiger partial charge in [-0.3, -0.25) is 9.69 Å². The van der Waals surface area contributed by atoms with E-state index in [0.717, 1.165) is 43.5 Å². The van der Waals surface area contributed by atoms with Crippen molar-refractivity contribution < 1.29 is 18.6 Å². The molecule has 4 aromatic rings. The Morgan fingerprint density at radius 1 is 1.23 bits per heavy atom. The lowest BCUT2D eigenvalue weighted by atomic mass is 9.93. The van der Waals surface area contributed by atoms with E-state index in [9.17, 15) is 18.7 Å². The van der Waals surface area contributed by atoms with Crippen molar-refractivity contribution in [1.29, 1.82) is 0 Å². The van der Waals surface area contributed by atoms with Crippen LogP contribution in [0.15, 0.2) is 35.3 Å². The Morgan fingerprint density at radius 2 is 2.11 bits per heavy atom. The number of piperazine rings is 1. The minimum atomic E-state index is -0.906. The fourth-order valence-corrected chi connectivity index (χ4v) is 7.77. The van der Waals surface area contributed by atoms with Crippen LogP contribution in [-0.2, 0) is 0 Å². The number of rotatable bonds is 5. The Morgan fingerprint density at radius 3 is 2.89 bits per heavy atom. The molecule has 0 radical (unpaired) electrons. The number of benzene rings is 2. The van der Waals surface area contributed by atoms with Gasteiger partial charge in [0.1, 0.15) is 35.7 Å². The maximum Gasteiger partial charge on any atom is 0.319 e. The van der Waals surface area contributed by atoms with Crippen LogP contribution in [-0.4, -0.2) is 86.3 Å². The van der Waals surface area contributed by atoms with Gasteiger partial charge in [-0.2, -0.15) is 19.7 Å². The summed E-state index contributed by atoms with van der Waals surface area (Å²) in [4.78, 5) is 28.0. The highest BCUT2D eigenvalue weighted by Gasteiger charge is 2.49. The topological polar surface area (TPSA) is 109 Å². The standard InChI is InChI=1S/C32H31F2N7O3/c1-2-23-25(34)7-4-18-10-22(42)11-26(27(18)23)41-30(43)28-24(14-36-41)29(40-16-20-5-6-21(40)13-35-20)38-31(37-28)44-17-32-8-3-9-39(32)15-19(33)12-32/h1,4,7,10-11,14,19-21,35,42H,3,5-6,8-9,12-13,15-17H2/t19-,20?,21?,32+/m1/s1. The average molecular weight is 600 g/mol. The van der Waals surface area contributed by atoms with E-state index in [0.29, 0.717) is 42.1 Å². The Labute approximate surface area is 251 Å². The summed E-state index contributed by atoms with van der Waals surface area (Å²) >= 11 is 0. The fraction of sp³-hybridized carbons (Fsp3) is 0.438. The van der Waals surface area contributed by atoms with E-state index in [1.807, 2.05) is 0 Å². The number of nitrogens with one attached hydrogen (secondary N) is 1. The number of hydrogen-bond donors (Lipinski definition) is 2. The molecule has 0 amide bonds. The maximum absolute atomic E-state index is 14.8. The summed E-state index contributed by atoms with van der Waals surface area (Å²) in [5, 5.41) is 19.7. The minimum absolute atomic E-state index is 0.0383. The molecule has 5 aliphatic rings. The molecule has 0 spiro atoms. The van der Waals surface area contributed by atoms with E-state index in [1.165, 1.54) is 30.5 Å². The van der Waals surface area contributed by atoms with Gasteiger partial charge in [0.2, 0.25) is 0 Å². The van der Waals surface area contributed by atoms with Crippen LogP contribution in [0.1, 0.15) is 37.7 Å². The molecule has 44 heavy (non-hydrogen) atoms. The van der Waals surface area contributed by atoms with Gasteiger partial charge in [-0.1, -0.05) is 12.0 Å². The fourth-order valence-electron chi connectivity index (χ4n) is 7.77. The number of alkyl halides is 1. The first kappa shape index (κ1) is 27.2. The predicted molar refractivity (Wildman–Crippen MR) is 161 cm³/mol. The second-order valence-electron chi connectivity index (χ2n) is 12.4. The summed E-state index contributed by atoms with van der Waals surface area (Å²) in [6.45, 7) is 2.94. The van der Waals surface area contributed by atoms with Crippen LogP contribution >= 0.6 is 0 Å². The van der Waals surface area contributed by atoms with Crippen LogP contribution in [0.5, 0.6) is 11.8 Å². The van der Waals surface area contributed by atoms with Crippen molar-refractivity contribution in [2.75, 3.05) is 37.7 Å². The van der Waals surface area contributed by atoms with E-state index in [4.69, 9.17) is 16.1 Å². The van der Waals surface area contributed by atoms with Gasteiger partial charge in [0, 0.05) is 49.6 Å². The highest BCUT2D eigenvalue weighted by molar-refractivity contribution is 5.97. The third-order valence-corrected chi connectivity index (χ3v) is 9.86. The molecule has 7 heterocycles. The Bertz CT molecular complexity index is 1920. The summed E-state index contributed by atoms with van der Waals surface area (Å²) in [7, 11) is 0. The van der Waals surface area contributed by atoms with E-state index in [1.54, 1.807) is 0 Å². The van der Waals surface area contributed by atoms with Gasteiger partial charge in [0.25, 0.3) is 5.56 Å². The number of ether oxygens (including phenoxy) is 1. The third-order valence-electron chi connectivity index (χ3n) is 9.86. The van der Waals surface area contributed by atoms with Crippen LogP contribution in [0.3, 0.4) is 0 Å². The molecule has 5 fully saturated rings. The molecular formula is C32H31F2N7O3. The number of aromatic nitrogens is 4. The van der Waals surface area contributed by atoms with Gasteiger partial charge >= 0.3 is 6.01 Å². The molecule has 2 N–H and O–H groups in total. The number of hydrogen-bond acceptors (Lipinski definition) is 9. The Kier molecular flexibility index (Phi) is 6.25. The molecule has 0 saturated carbocycles. The van der Waals surface area contributed by atoms with Crippen molar-refractivity contribution in [2.24, 2.45) is 0 Å². The highest BCUT2D eigenvalue weighted by atomic mass is 19.1. The maximum atomic E-state index is 14.8. The van der Waals surface area contributed by atoms with Crippen molar-refractivity contribution in [1.82, 2.24) is 30.0 Å². The van der Waals surface area contributed by atoms with Crippen molar-refractivity contribution in [3.63, 3.8) is 0 Å². The Hall–Kier alpha value is -4.34. The molecule has 2 aromatic heterocycles. The summed E-state index contributed by atoms with van der Waals surface area (Å²) in [5.74, 6) is 2.17. The summed E-state index contributed by atoms with van der Waals surface area (Å²) in [5.41, 5.74) is -0.858. The van der Waals surface area contributed by atoms with Crippen LogP contribution in [0.4, 0.5) is 14.6 Å². The van der Waals surface area contributed by atoms with Gasteiger partial charge < -0.3 is 20.1 Å². The number of anilines is 1. The number of halogens is 2. The van der Waals surface area contributed by atoms with Crippen molar-refractivity contribution in [2.45, 2.75) is 55.9 Å². The van der Waals surface area contributed by atoms with E-state index in [-0.39, 0.29) is 46.6 Å². The van der Waals surface area contributed by atoms with Gasteiger partial charge in [-0.25, -0.2) is 8.78 Å². The molecule has 10 nitrogen and oxygen atoms in total. The first-order valence-corrected chi connectivity index (χ1v) is 15.1. The predicted octanol–water partition coefficient (Wildman–Crippen LogP) is 3.05. The monoisotopic (exact) mass is 599 g/mol. The molecule has 2 unspecified atom stereocenters. The second-order valence-corrected chi connectivity index (χ2v) is 12.4. The number of phenols is 1. The zero-order valence-corrected chi connectivity index (χ0v) is 24.0. The first-order valence-electron chi connectivity index (χ1n) is 15.1. The van der Waals surface area contributed by atoms with Gasteiger partial charge in [-0.05, 0) is 49.7 Å². The molecule has 9 rings (SSSR count). The lowest BCUT2D eigenvalue weighted by molar-refractivity contribution is 0.107. The molecule has 0 aliphatic carbocycles. The van der Waals surface area contributed by atoms with Gasteiger partial charge in [0.15, 0.2) is 0 Å². The number of piperidine rings is 2. The van der Waals surface area contributed by atoms with Crippen LogP contribution in [0, 0.1) is 18.2 Å². The molecule has 4 atom stereocenters. The highest BCUT2D eigenvalue weighted by Crippen LogP contribution is 2.41. The molecule has 2 bridgehead atoms. The number of fused-ring (bicyclic) bond motifs is 6. The SMILES string of the molecule is C#Cc1c(F)ccc2cc(O)cc(-n3ncc4c(N5CC6CCC5CN6)nc(OC[C@@]56CCCN5C[C@H](F)C6)nc4c3=O)c12. The van der Waals surface area contributed by atoms with Gasteiger partial charge in [0.05, 0.1) is 28.4 Å². The third kappa shape index (κ3) is 4.21. The number of aromatic hydroxyl groups is 1. The quantitative estimate of drug-likeness (QED) is 0.335. The number of phenolic OH excluding ortho intramolecular Hbond substituents is 1. The van der Waals surface area contributed by atoms with Crippen LogP contribution in [0.25, 0.3) is 27.4 Å². The lowest BCUT2D eigenvalue weighted by Crippen LogP contribution is -2.61. The lowest BCUT2D eigenvalue weighted by Gasteiger charge is -2.46. The number of nitrogens with zero attached hydrogens (tertiary/aromatic N) is 6. The number of terminal acetylenes is 1. The molecule has 12 heteroatoms. The first-order chi connectivity index (χ1) is 21.3. The zero-order valence-electron chi connectivity index (χ0n) is 24.0.